The number of aromatic hydroxyl groups is 1. The maximum absolute atomic E-state index is 11.8. The predicted molar refractivity (Wildman–Crippen MR) is 87.8 cm³/mol. The van der Waals surface area contributed by atoms with E-state index in [0.29, 0.717) is 6.42 Å². The van der Waals surface area contributed by atoms with Crippen LogP contribution in [-0.2, 0) is 11.2 Å². The lowest BCUT2D eigenvalue weighted by Crippen LogP contribution is -2.41. The summed E-state index contributed by atoms with van der Waals surface area (Å²) in [4.78, 5) is 11.8. The Hall–Kier alpha value is -2.07. The fraction of sp³-hybridized carbons (Fsp3) is 0.353. The van der Waals surface area contributed by atoms with Gasteiger partial charge in [-0.25, -0.2) is 0 Å². The lowest BCUT2D eigenvalue weighted by Gasteiger charge is -2.12. The van der Waals surface area contributed by atoms with E-state index in [1.807, 2.05) is 45.9 Å². The second kappa shape index (κ2) is 10.7. The maximum atomic E-state index is 11.8. The van der Waals surface area contributed by atoms with E-state index >= 15 is 0 Å². The monoisotopic (exact) mass is 290 g/mol. The Morgan fingerprint density at radius 3 is 2.43 bits per heavy atom. The number of phenolic OH excluding ortho intramolecular Hbond substituents is 1. The molecule has 1 rings (SSSR count). The molecule has 0 saturated heterocycles. The number of phenols is 1. The van der Waals surface area contributed by atoms with E-state index in [0.717, 1.165) is 11.3 Å². The second-order valence-electron chi connectivity index (χ2n) is 4.34. The van der Waals surface area contributed by atoms with Gasteiger partial charge in [-0.15, -0.1) is 0 Å². The fourth-order valence-corrected chi connectivity index (χ4v) is 1.55. The van der Waals surface area contributed by atoms with Gasteiger partial charge in [-0.2, -0.15) is 0 Å². The van der Waals surface area contributed by atoms with Crippen LogP contribution in [0.5, 0.6) is 5.75 Å². The van der Waals surface area contributed by atoms with E-state index < -0.39 is 6.04 Å². The van der Waals surface area contributed by atoms with Crippen LogP contribution >= 0.6 is 0 Å². The van der Waals surface area contributed by atoms with Crippen LogP contribution in [0.3, 0.4) is 0 Å². The van der Waals surface area contributed by atoms with Crippen molar-refractivity contribution in [1.29, 1.82) is 0 Å². The Labute approximate surface area is 127 Å². The Morgan fingerprint density at radius 1 is 1.33 bits per heavy atom. The summed E-state index contributed by atoms with van der Waals surface area (Å²) in [7, 11) is 0. The first kappa shape index (κ1) is 18.9. The van der Waals surface area contributed by atoms with Crippen LogP contribution in [-0.4, -0.2) is 17.1 Å². The molecule has 4 N–H and O–H groups in total. The van der Waals surface area contributed by atoms with Gasteiger partial charge in [0.25, 0.3) is 0 Å². The average molecular weight is 290 g/mol. The highest BCUT2D eigenvalue weighted by molar-refractivity contribution is 5.83. The molecule has 0 aromatic heterocycles. The van der Waals surface area contributed by atoms with Gasteiger partial charge in [0.2, 0.25) is 5.91 Å². The van der Waals surface area contributed by atoms with Gasteiger partial charge in [0.15, 0.2) is 0 Å². The van der Waals surface area contributed by atoms with Crippen molar-refractivity contribution in [3.05, 3.63) is 53.8 Å². The summed E-state index contributed by atoms with van der Waals surface area (Å²) in [5, 5.41) is 11.9. The Bertz CT molecular complexity index is 476. The molecule has 4 nitrogen and oxygen atoms in total. The number of benzene rings is 1. The van der Waals surface area contributed by atoms with Crippen LogP contribution in [0.25, 0.3) is 0 Å². The number of carbonyl (C=O) groups is 1. The smallest absolute Gasteiger partial charge is 0.241 e. The first-order valence-electron chi connectivity index (χ1n) is 7.17. The van der Waals surface area contributed by atoms with Gasteiger partial charge in [0.05, 0.1) is 6.04 Å². The SMILES string of the molecule is C/C=C\C=C(/C)NC(=O)[C@@H](N)Cc1ccc(O)cc1.CC. The molecular formula is C17H26N2O2. The lowest BCUT2D eigenvalue weighted by atomic mass is 10.1. The molecule has 1 atom stereocenters. The summed E-state index contributed by atoms with van der Waals surface area (Å²) in [5.41, 5.74) is 7.51. The molecular weight excluding hydrogens is 264 g/mol. The zero-order valence-electron chi connectivity index (χ0n) is 13.3. The number of nitrogens with one attached hydrogen (secondary N) is 1. The molecule has 0 aliphatic rings. The van der Waals surface area contributed by atoms with E-state index in [2.05, 4.69) is 5.32 Å². The van der Waals surface area contributed by atoms with Crippen LogP contribution in [0.1, 0.15) is 33.3 Å². The van der Waals surface area contributed by atoms with Gasteiger partial charge in [0.1, 0.15) is 5.75 Å². The van der Waals surface area contributed by atoms with Gasteiger partial charge in [-0.05, 0) is 44.0 Å². The summed E-state index contributed by atoms with van der Waals surface area (Å²) in [6.07, 6.45) is 5.97. The highest BCUT2D eigenvalue weighted by Crippen LogP contribution is 2.10. The molecule has 1 amide bonds. The highest BCUT2D eigenvalue weighted by atomic mass is 16.3. The van der Waals surface area contributed by atoms with E-state index in [-0.39, 0.29) is 11.7 Å². The van der Waals surface area contributed by atoms with Gasteiger partial charge >= 0.3 is 0 Å². The maximum Gasteiger partial charge on any atom is 0.241 e. The van der Waals surface area contributed by atoms with Gasteiger partial charge in [0, 0.05) is 5.70 Å². The lowest BCUT2D eigenvalue weighted by molar-refractivity contribution is -0.121. The van der Waals surface area contributed by atoms with Crippen LogP contribution < -0.4 is 11.1 Å². The molecule has 0 bridgehead atoms. The molecule has 116 valence electrons. The highest BCUT2D eigenvalue weighted by Gasteiger charge is 2.13. The van der Waals surface area contributed by atoms with Crippen molar-refractivity contribution in [3.63, 3.8) is 0 Å². The predicted octanol–water partition coefficient (Wildman–Crippen LogP) is 2.88. The van der Waals surface area contributed by atoms with Crippen molar-refractivity contribution in [1.82, 2.24) is 5.32 Å². The Morgan fingerprint density at radius 2 is 1.90 bits per heavy atom. The second-order valence-corrected chi connectivity index (χ2v) is 4.34. The fourth-order valence-electron chi connectivity index (χ4n) is 1.55. The summed E-state index contributed by atoms with van der Waals surface area (Å²) in [6.45, 7) is 7.72. The number of amides is 1. The summed E-state index contributed by atoms with van der Waals surface area (Å²) in [6, 6.07) is 6.06. The molecule has 0 spiro atoms. The van der Waals surface area contributed by atoms with Gasteiger partial charge in [-0.1, -0.05) is 38.1 Å². The molecule has 0 radical (unpaired) electrons. The van der Waals surface area contributed by atoms with Crippen LogP contribution in [0.4, 0.5) is 0 Å². The minimum absolute atomic E-state index is 0.201. The topological polar surface area (TPSA) is 75.4 Å². The average Bonchev–Trinajstić information content (AvgIpc) is 2.49. The number of hydrogen-bond donors (Lipinski definition) is 3. The minimum atomic E-state index is -0.613. The van der Waals surface area contributed by atoms with Crippen molar-refractivity contribution in [2.75, 3.05) is 0 Å². The molecule has 4 heteroatoms. The third kappa shape index (κ3) is 7.95. The molecule has 0 aliphatic carbocycles. The molecule has 0 heterocycles. The molecule has 0 fully saturated rings. The van der Waals surface area contributed by atoms with Gasteiger partial charge < -0.3 is 16.2 Å². The first-order valence-corrected chi connectivity index (χ1v) is 7.17. The van der Waals surface area contributed by atoms with Gasteiger partial charge in [-0.3, -0.25) is 4.79 Å². The van der Waals surface area contributed by atoms with E-state index in [1.165, 1.54) is 0 Å². The van der Waals surface area contributed by atoms with Crippen LogP contribution in [0, 0.1) is 0 Å². The summed E-state index contributed by atoms with van der Waals surface area (Å²) < 4.78 is 0. The van der Waals surface area contributed by atoms with Crippen molar-refractivity contribution in [3.8, 4) is 5.75 Å². The van der Waals surface area contributed by atoms with Crippen molar-refractivity contribution < 1.29 is 9.90 Å². The van der Waals surface area contributed by atoms with Crippen molar-refractivity contribution >= 4 is 5.91 Å². The number of allylic oxidation sites excluding steroid dienone is 4. The third-order valence-corrected chi connectivity index (χ3v) is 2.59. The largest absolute Gasteiger partial charge is 0.508 e. The number of hydrogen-bond acceptors (Lipinski definition) is 3. The number of carbonyl (C=O) groups excluding carboxylic acids is 1. The molecule has 0 unspecified atom stereocenters. The quantitative estimate of drug-likeness (QED) is 0.730. The molecule has 1 aromatic carbocycles. The molecule has 0 aliphatic heterocycles. The van der Waals surface area contributed by atoms with E-state index in [4.69, 9.17) is 5.73 Å². The van der Waals surface area contributed by atoms with E-state index in [9.17, 15) is 9.90 Å². The van der Waals surface area contributed by atoms with E-state index in [1.54, 1.807) is 24.3 Å². The molecule has 1 aromatic rings. The summed E-state index contributed by atoms with van der Waals surface area (Å²) in [5.74, 6) is -0.0155. The molecule has 0 saturated carbocycles. The zero-order chi connectivity index (χ0) is 16.3. The Balaban J connectivity index is 0.00000191. The third-order valence-electron chi connectivity index (χ3n) is 2.59. The first-order chi connectivity index (χ1) is 10.0. The zero-order valence-corrected chi connectivity index (χ0v) is 13.3. The molecule has 21 heavy (non-hydrogen) atoms. The number of rotatable bonds is 5. The van der Waals surface area contributed by atoms with Crippen molar-refractivity contribution in [2.24, 2.45) is 5.73 Å². The van der Waals surface area contributed by atoms with Crippen LogP contribution in [0.2, 0.25) is 0 Å². The van der Waals surface area contributed by atoms with Crippen LogP contribution in [0.15, 0.2) is 48.2 Å². The Kier molecular flexibility index (Phi) is 9.63. The minimum Gasteiger partial charge on any atom is -0.508 e. The van der Waals surface area contributed by atoms with Crippen molar-refractivity contribution in [2.45, 2.75) is 40.2 Å². The summed E-state index contributed by atoms with van der Waals surface area (Å²) >= 11 is 0. The number of nitrogens with two attached hydrogens (primary N) is 1. The standard InChI is InChI=1S/C15H20N2O2.C2H6/c1-3-4-5-11(2)17-15(19)14(16)10-12-6-8-13(18)9-7-12;1-2/h3-9,14,18H,10,16H2,1-2H3,(H,17,19);1-2H3/b4-3-,11-5+;/t14-;/m0./s1. The normalized spacial score (nSPS) is 12.5.